The number of ether oxygens (including phenoxy) is 3. The van der Waals surface area contributed by atoms with Gasteiger partial charge in [-0.3, -0.25) is 15.0 Å². The highest BCUT2D eigenvalue weighted by molar-refractivity contribution is 6.00. The molecule has 2 unspecified atom stereocenters. The number of nitro benzene ring substituents is 1. The van der Waals surface area contributed by atoms with Gasteiger partial charge in [0.25, 0.3) is 5.69 Å². The van der Waals surface area contributed by atoms with E-state index in [1.54, 1.807) is 0 Å². The Hall–Kier alpha value is -3.64. The minimum absolute atomic E-state index is 0. The van der Waals surface area contributed by atoms with E-state index in [2.05, 4.69) is 25.2 Å². The van der Waals surface area contributed by atoms with Gasteiger partial charge in [0.2, 0.25) is 0 Å². The molecule has 0 saturated carbocycles. The van der Waals surface area contributed by atoms with Crippen LogP contribution >= 0.6 is 37.2 Å². The number of para-hydroxylation sites is 1. The number of nitrogens with one attached hydrogen (secondary N) is 2. The van der Waals surface area contributed by atoms with Crippen molar-refractivity contribution in [2.45, 2.75) is 31.5 Å². The monoisotopic (exact) mass is 813 g/mol. The number of nitrogens with zero attached hydrogens (tertiary/aromatic N) is 3. The summed E-state index contributed by atoms with van der Waals surface area (Å²) >= 11 is 0. The number of carbonyl (C=O) groups is 2. The number of halogens is 6. The van der Waals surface area contributed by atoms with Crippen molar-refractivity contribution in [3.63, 3.8) is 0 Å². The van der Waals surface area contributed by atoms with Gasteiger partial charge in [-0.1, -0.05) is 30.3 Å². The number of hydrogen-bond acceptors (Lipinski definition) is 12. The Balaban J connectivity index is 0.00000468. The summed E-state index contributed by atoms with van der Waals surface area (Å²) in [7, 11) is 0.907. The maximum absolute atomic E-state index is 14.1. The van der Waals surface area contributed by atoms with Crippen molar-refractivity contribution in [3.8, 4) is 5.75 Å². The minimum Gasteiger partial charge on any atom is -0.491 e. The summed E-state index contributed by atoms with van der Waals surface area (Å²) < 4.78 is 58.1. The van der Waals surface area contributed by atoms with Crippen molar-refractivity contribution < 1.29 is 47.0 Å². The fourth-order valence-electron chi connectivity index (χ4n) is 5.85. The Bertz CT molecular complexity index is 1560. The van der Waals surface area contributed by atoms with Gasteiger partial charge in [-0.2, -0.15) is 13.2 Å². The van der Waals surface area contributed by atoms with Crippen molar-refractivity contribution >= 4 is 54.8 Å². The number of allylic oxidation sites excluding steroid dienone is 2. The summed E-state index contributed by atoms with van der Waals surface area (Å²) in [5, 5.41) is 27.0. The van der Waals surface area contributed by atoms with E-state index in [-0.39, 0.29) is 67.3 Å². The molecule has 0 bridgehead atoms. The molecule has 19 heteroatoms. The third-order valence-electron chi connectivity index (χ3n) is 8.39. The number of benzene rings is 2. The first-order valence-electron chi connectivity index (χ1n) is 16.2. The van der Waals surface area contributed by atoms with Crippen LogP contribution in [-0.2, 0) is 19.1 Å². The molecule has 4 rings (SSSR count). The van der Waals surface area contributed by atoms with Gasteiger partial charge in [0.1, 0.15) is 30.8 Å². The van der Waals surface area contributed by atoms with Crippen molar-refractivity contribution in [2.24, 2.45) is 0 Å². The molecular weight excluding hydrogens is 770 g/mol. The van der Waals surface area contributed by atoms with E-state index >= 15 is 0 Å². The lowest BCUT2D eigenvalue weighted by Crippen LogP contribution is -2.48. The topological polar surface area (TPSA) is 156 Å². The summed E-state index contributed by atoms with van der Waals surface area (Å²) in [6.07, 6.45) is -4.77. The van der Waals surface area contributed by atoms with Crippen LogP contribution in [0.25, 0.3) is 0 Å². The zero-order valence-electron chi connectivity index (χ0n) is 29.1. The molecule has 53 heavy (non-hydrogen) atoms. The number of esters is 2. The molecule has 296 valence electrons. The van der Waals surface area contributed by atoms with E-state index < -0.39 is 52.0 Å². The van der Waals surface area contributed by atoms with Gasteiger partial charge in [-0.15, -0.1) is 37.2 Å². The molecular formula is C34H45Cl3F3N5O8. The van der Waals surface area contributed by atoms with Crippen LogP contribution in [0.2, 0.25) is 0 Å². The third kappa shape index (κ3) is 13.6. The number of nitro groups is 1. The third-order valence-corrected chi connectivity index (χ3v) is 8.39. The number of hydrogen-bond donors (Lipinski definition) is 3. The SMILES string of the molecule is COC(=O)C1=C(C(F)(F)F)NC(C)=C(C(=O)OCCN2CCN(CCCNCC(O)COc3ccccc3)CC2)C1c1cccc([N+](=O)[O-])c1.Cl.Cl.Cl. The normalized spacial score (nSPS) is 17.0. The standard InChI is InChI=1S/C34H42F3N5O8.3ClH/c1-23-28(29(24-8-6-9-25(20-24)42(46)47)30(32(44)48-2)31(39-23)34(35,36)37)33(45)49-19-18-41-16-14-40(15-17-41)13-7-12-38-21-26(43)22-50-27-10-4-3-5-11-27;;;/h3-6,8-11,20,26,29,38-39,43H,7,12-19,21-22H2,1-2H3;3*1H. The highest BCUT2D eigenvalue weighted by atomic mass is 35.5. The quantitative estimate of drug-likeness (QED) is 0.0953. The number of non-ortho nitro benzene ring substituents is 1. The van der Waals surface area contributed by atoms with Gasteiger partial charge in [-0.05, 0) is 44.1 Å². The first kappa shape index (κ1) is 47.4. The minimum atomic E-state index is -5.03. The predicted octanol–water partition coefficient (Wildman–Crippen LogP) is 4.39. The average molecular weight is 815 g/mol. The Morgan fingerprint density at radius 1 is 1.00 bits per heavy atom. The second kappa shape index (κ2) is 22.5. The van der Waals surface area contributed by atoms with E-state index in [1.165, 1.54) is 19.1 Å². The Morgan fingerprint density at radius 2 is 1.64 bits per heavy atom. The maximum atomic E-state index is 14.1. The van der Waals surface area contributed by atoms with Crippen LogP contribution in [-0.4, -0.2) is 117 Å². The van der Waals surface area contributed by atoms with Crippen molar-refractivity contribution in [3.05, 3.63) is 92.8 Å². The molecule has 0 aliphatic carbocycles. The number of dihydropyridines is 1. The second-order valence-corrected chi connectivity index (χ2v) is 11.9. The summed E-state index contributed by atoms with van der Waals surface area (Å²) in [6, 6.07) is 14.0. The van der Waals surface area contributed by atoms with Gasteiger partial charge < -0.3 is 34.9 Å². The van der Waals surface area contributed by atoms with Gasteiger partial charge in [0, 0.05) is 57.1 Å². The van der Waals surface area contributed by atoms with Crippen molar-refractivity contribution in [1.82, 2.24) is 20.4 Å². The van der Waals surface area contributed by atoms with Crippen LogP contribution in [0.4, 0.5) is 18.9 Å². The number of rotatable bonds is 16. The largest absolute Gasteiger partial charge is 0.491 e. The molecule has 3 N–H and O–H groups in total. The summed E-state index contributed by atoms with van der Waals surface area (Å²) in [6.45, 7) is 6.77. The molecule has 2 heterocycles. The van der Waals surface area contributed by atoms with E-state index in [0.717, 1.165) is 51.8 Å². The molecule has 2 aliphatic rings. The fourth-order valence-corrected chi connectivity index (χ4v) is 5.85. The molecule has 2 aliphatic heterocycles. The van der Waals surface area contributed by atoms with Crippen molar-refractivity contribution in [1.29, 1.82) is 0 Å². The smallest absolute Gasteiger partial charge is 0.431 e. The van der Waals surface area contributed by atoms with E-state index in [0.29, 0.717) is 31.9 Å². The lowest BCUT2D eigenvalue weighted by Gasteiger charge is -2.35. The molecule has 0 spiro atoms. The van der Waals surface area contributed by atoms with Gasteiger partial charge in [-0.25, -0.2) is 9.59 Å². The molecule has 0 amide bonds. The lowest BCUT2D eigenvalue weighted by atomic mass is 9.80. The zero-order valence-corrected chi connectivity index (χ0v) is 31.6. The maximum Gasteiger partial charge on any atom is 0.431 e. The van der Waals surface area contributed by atoms with Crippen LogP contribution in [0.1, 0.15) is 24.8 Å². The molecule has 2 aromatic rings. The average Bonchev–Trinajstić information content (AvgIpc) is 3.10. The van der Waals surface area contributed by atoms with Gasteiger partial charge in [0.15, 0.2) is 0 Å². The van der Waals surface area contributed by atoms with E-state index in [4.69, 9.17) is 9.47 Å². The molecule has 0 radical (unpaired) electrons. The van der Waals surface area contributed by atoms with Crippen LogP contribution in [0.5, 0.6) is 5.75 Å². The summed E-state index contributed by atoms with van der Waals surface area (Å²) in [5.41, 5.74) is -3.32. The molecule has 0 aromatic heterocycles. The van der Waals surface area contributed by atoms with Gasteiger partial charge in [0.05, 0.1) is 29.1 Å². The molecule has 13 nitrogen and oxygen atoms in total. The number of aliphatic hydroxyl groups excluding tert-OH is 1. The van der Waals surface area contributed by atoms with Crippen molar-refractivity contribution in [2.75, 3.05) is 72.7 Å². The summed E-state index contributed by atoms with van der Waals surface area (Å²) in [4.78, 5) is 41.4. The van der Waals surface area contributed by atoms with Crippen LogP contribution in [0.3, 0.4) is 0 Å². The number of methoxy groups -OCH3 is 1. The molecule has 2 atom stereocenters. The first-order valence-corrected chi connectivity index (χ1v) is 16.2. The van der Waals surface area contributed by atoms with Crippen LogP contribution < -0.4 is 15.4 Å². The number of alkyl halides is 3. The van der Waals surface area contributed by atoms with Crippen LogP contribution in [0, 0.1) is 10.1 Å². The zero-order chi connectivity index (χ0) is 36.3. The van der Waals surface area contributed by atoms with E-state index in [1.807, 2.05) is 30.3 Å². The highest BCUT2D eigenvalue weighted by Gasteiger charge is 2.47. The Labute approximate surface area is 324 Å². The summed E-state index contributed by atoms with van der Waals surface area (Å²) in [5.74, 6) is -3.24. The molecule has 1 fully saturated rings. The predicted molar refractivity (Wildman–Crippen MR) is 198 cm³/mol. The van der Waals surface area contributed by atoms with Gasteiger partial charge >= 0.3 is 18.1 Å². The lowest BCUT2D eigenvalue weighted by molar-refractivity contribution is -0.384. The van der Waals surface area contributed by atoms with Crippen LogP contribution in [0.15, 0.2) is 77.1 Å². The second-order valence-electron chi connectivity index (χ2n) is 11.9. The molecule has 2 aromatic carbocycles. The van der Waals surface area contributed by atoms with E-state index in [9.17, 15) is 38.0 Å². The number of aliphatic hydroxyl groups is 1. The number of piperazine rings is 1. The number of carbonyl (C=O) groups excluding carboxylic acids is 2. The molecule has 1 saturated heterocycles. The first-order chi connectivity index (χ1) is 23.9. The highest BCUT2D eigenvalue weighted by Crippen LogP contribution is 2.44. The fraction of sp³-hybridized carbons (Fsp3) is 0.471. The Kier molecular flexibility index (Phi) is 20.2. The Morgan fingerprint density at radius 3 is 2.25 bits per heavy atom.